The van der Waals surface area contributed by atoms with E-state index in [0.717, 1.165) is 5.56 Å². The highest BCUT2D eigenvalue weighted by Crippen LogP contribution is 2.34. The van der Waals surface area contributed by atoms with E-state index in [2.05, 4.69) is 13.8 Å². The van der Waals surface area contributed by atoms with Gasteiger partial charge in [-0.1, -0.05) is 43.9 Å². The van der Waals surface area contributed by atoms with Crippen molar-refractivity contribution in [1.29, 1.82) is 0 Å². The summed E-state index contributed by atoms with van der Waals surface area (Å²) in [5.74, 6) is 0.801. The Morgan fingerprint density at radius 1 is 1.45 bits per heavy atom. The number of phenolic OH excluding ortho intramolecular Hbond substituents is 1. The Balaban J connectivity index is 2.25. The van der Waals surface area contributed by atoms with Crippen LogP contribution in [0.4, 0.5) is 0 Å². The maximum Gasteiger partial charge on any atom is 0.266 e. The summed E-state index contributed by atoms with van der Waals surface area (Å²) in [6.45, 7) is 7.05. The highest BCUT2D eigenvalue weighted by molar-refractivity contribution is 8.26. The van der Waals surface area contributed by atoms with Gasteiger partial charge < -0.3 is 9.84 Å². The van der Waals surface area contributed by atoms with E-state index in [4.69, 9.17) is 17.0 Å². The fourth-order valence-corrected chi connectivity index (χ4v) is 3.34. The summed E-state index contributed by atoms with van der Waals surface area (Å²) in [7, 11) is 0. The number of rotatable bonds is 5. The zero-order valence-electron chi connectivity index (χ0n) is 12.8. The van der Waals surface area contributed by atoms with Gasteiger partial charge in [-0.3, -0.25) is 9.69 Å². The molecule has 1 aromatic rings. The average Bonchev–Trinajstić information content (AvgIpc) is 2.70. The molecule has 1 fully saturated rings. The number of hydrogen-bond donors (Lipinski definition) is 1. The third kappa shape index (κ3) is 3.81. The van der Waals surface area contributed by atoms with Crippen molar-refractivity contribution >= 4 is 40.3 Å². The standard InChI is InChI=1S/C16H19NO3S2/c1-4-20-13-7-11(5-6-12(13)18)8-14-15(19)17(9-10(2)3)16(21)22-14/h5-8,10,18H,4,9H2,1-3H3/b14-8+. The first-order valence-electron chi connectivity index (χ1n) is 7.13. The van der Waals surface area contributed by atoms with Crippen molar-refractivity contribution < 1.29 is 14.6 Å². The number of nitrogens with zero attached hydrogens (tertiary/aromatic N) is 1. The van der Waals surface area contributed by atoms with Crippen molar-refractivity contribution in [2.45, 2.75) is 20.8 Å². The lowest BCUT2D eigenvalue weighted by Crippen LogP contribution is -2.31. The monoisotopic (exact) mass is 337 g/mol. The molecule has 6 heteroatoms. The Labute approximate surface area is 140 Å². The molecule has 1 aromatic carbocycles. The molecule has 0 bridgehead atoms. The van der Waals surface area contributed by atoms with Gasteiger partial charge in [0.1, 0.15) is 4.32 Å². The van der Waals surface area contributed by atoms with Gasteiger partial charge in [0.05, 0.1) is 11.5 Å². The normalized spacial score (nSPS) is 16.9. The third-order valence-corrected chi connectivity index (χ3v) is 4.38. The smallest absolute Gasteiger partial charge is 0.266 e. The lowest BCUT2D eigenvalue weighted by molar-refractivity contribution is -0.122. The van der Waals surface area contributed by atoms with Crippen LogP contribution in [-0.2, 0) is 4.79 Å². The molecular formula is C16H19NO3S2. The highest BCUT2D eigenvalue weighted by atomic mass is 32.2. The van der Waals surface area contributed by atoms with Crippen LogP contribution >= 0.6 is 24.0 Å². The minimum Gasteiger partial charge on any atom is -0.504 e. The summed E-state index contributed by atoms with van der Waals surface area (Å²) < 4.78 is 5.95. The molecule has 0 saturated carbocycles. The van der Waals surface area contributed by atoms with E-state index in [1.165, 1.54) is 11.8 Å². The average molecular weight is 337 g/mol. The molecule has 1 heterocycles. The van der Waals surface area contributed by atoms with Gasteiger partial charge in [-0.2, -0.15) is 0 Å². The molecule has 0 radical (unpaired) electrons. The van der Waals surface area contributed by atoms with Crippen molar-refractivity contribution in [3.05, 3.63) is 28.7 Å². The van der Waals surface area contributed by atoms with Crippen molar-refractivity contribution in [1.82, 2.24) is 4.90 Å². The van der Waals surface area contributed by atoms with Gasteiger partial charge in [0.25, 0.3) is 5.91 Å². The number of benzene rings is 1. The van der Waals surface area contributed by atoms with E-state index in [9.17, 15) is 9.90 Å². The van der Waals surface area contributed by atoms with Crippen LogP contribution in [0.2, 0.25) is 0 Å². The van der Waals surface area contributed by atoms with Gasteiger partial charge in [-0.15, -0.1) is 0 Å². The number of amides is 1. The second kappa shape index (κ2) is 7.15. The minimum atomic E-state index is -0.0604. The van der Waals surface area contributed by atoms with Gasteiger partial charge in [0.2, 0.25) is 0 Å². The largest absolute Gasteiger partial charge is 0.504 e. The first kappa shape index (κ1) is 16.8. The molecule has 1 saturated heterocycles. The Morgan fingerprint density at radius 2 is 2.18 bits per heavy atom. The van der Waals surface area contributed by atoms with Gasteiger partial charge in [-0.05, 0) is 36.6 Å². The molecule has 0 spiro atoms. The Hall–Kier alpha value is -1.53. The Bertz CT molecular complexity index is 626. The van der Waals surface area contributed by atoms with E-state index < -0.39 is 0 Å². The summed E-state index contributed by atoms with van der Waals surface area (Å²) in [5, 5.41) is 9.72. The number of phenols is 1. The fourth-order valence-electron chi connectivity index (χ4n) is 2.07. The molecular weight excluding hydrogens is 318 g/mol. The van der Waals surface area contributed by atoms with Gasteiger partial charge in [-0.25, -0.2) is 0 Å². The van der Waals surface area contributed by atoms with Gasteiger partial charge in [0.15, 0.2) is 11.5 Å². The Morgan fingerprint density at radius 3 is 2.82 bits per heavy atom. The van der Waals surface area contributed by atoms with E-state index in [-0.39, 0.29) is 11.7 Å². The van der Waals surface area contributed by atoms with Crippen molar-refractivity contribution in [3.63, 3.8) is 0 Å². The highest BCUT2D eigenvalue weighted by Gasteiger charge is 2.32. The molecule has 0 aliphatic carbocycles. The summed E-state index contributed by atoms with van der Waals surface area (Å²) in [6, 6.07) is 5.02. The quantitative estimate of drug-likeness (QED) is 0.656. The maximum atomic E-state index is 12.4. The molecule has 1 aliphatic heterocycles. The van der Waals surface area contributed by atoms with Crippen LogP contribution in [0.25, 0.3) is 6.08 Å². The number of aromatic hydroxyl groups is 1. The molecule has 1 N–H and O–H groups in total. The topological polar surface area (TPSA) is 49.8 Å². The molecule has 22 heavy (non-hydrogen) atoms. The first-order chi connectivity index (χ1) is 10.4. The van der Waals surface area contributed by atoms with Crippen molar-refractivity contribution in [2.75, 3.05) is 13.2 Å². The number of carbonyl (C=O) groups is 1. The number of thiocarbonyl (C=S) groups is 1. The summed E-state index contributed by atoms with van der Waals surface area (Å²) in [5.41, 5.74) is 0.797. The first-order valence-corrected chi connectivity index (χ1v) is 8.36. The molecule has 0 aromatic heterocycles. The molecule has 4 nitrogen and oxygen atoms in total. The Kier molecular flexibility index (Phi) is 5.47. The van der Waals surface area contributed by atoms with E-state index in [1.54, 1.807) is 29.2 Å². The molecule has 1 aliphatic rings. The second-order valence-electron chi connectivity index (χ2n) is 5.35. The van der Waals surface area contributed by atoms with Crippen molar-refractivity contribution in [2.24, 2.45) is 5.92 Å². The summed E-state index contributed by atoms with van der Waals surface area (Å²) >= 11 is 6.59. The number of ether oxygens (including phenoxy) is 1. The van der Waals surface area contributed by atoms with Crippen LogP contribution in [0.3, 0.4) is 0 Å². The predicted octanol–water partition coefficient (Wildman–Crippen LogP) is 3.65. The molecule has 118 valence electrons. The van der Waals surface area contributed by atoms with Crippen LogP contribution in [0, 0.1) is 5.92 Å². The number of thioether (sulfide) groups is 1. The molecule has 1 amide bonds. The maximum absolute atomic E-state index is 12.4. The van der Waals surface area contributed by atoms with E-state index in [0.29, 0.717) is 34.0 Å². The summed E-state index contributed by atoms with van der Waals surface area (Å²) in [6.07, 6.45) is 1.78. The number of hydrogen-bond acceptors (Lipinski definition) is 5. The lowest BCUT2D eigenvalue weighted by Gasteiger charge is -2.16. The number of carbonyl (C=O) groups excluding carboxylic acids is 1. The van der Waals surface area contributed by atoms with Crippen LogP contribution in [0.5, 0.6) is 11.5 Å². The van der Waals surface area contributed by atoms with Crippen LogP contribution < -0.4 is 4.74 Å². The third-order valence-electron chi connectivity index (χ3n) is 3.00. The van der Waals surface area contributed by atoms with Crippen LogP contribution in [0.15, 0.2) is 23.1 Å². The molecule has 2 rings (SSSR count). The van der Waals surface area contributed by atoms with Gasteiger partial charge >= 0.3 is 0 Å². The van der Waals surface area contributed by atoms with Crippen LogP contribution in [0.1, 0.15) is 26.3 Å². The van der Waals surface area contributed by atoms with Crippen LogP contribution in [-0.4, -0.2) is 33.4 Å². The van der Waals surface area contributed by atoms with Crippen molar-refractivity contribution in [3.8, 4) is 11.5 Å². The minimum absolute atomic E-state index is 0.0604. The zero-order valence-corrected chi connectivity index (χ0v) is 14.5. The summed E-state index contributed by atoms with van der Waals surface area (Å²) in [4.78, 5) is 14.6. The van der Waals surface area contributed by atoms with Gasteiger partial charge in [0, 0.05) is 6.54 Å². The zero-order chi connectivity index (χ0) is 16.3. The van der Waals surface area contributed by atoms with E-state index >= 15 is 0 Å². The molecule has 0 unspecified atom stereocenters. The second-order valence-corrected chi connectivity index (χ2v) is 7.02. The SMILES string of the molecule is CCOc1cc(/C=C2/SC(=S)N(CC(C)C)C2=O)ccc1O. The van der Waals surface area contributed by atoms with E-state index in [1.807, 2.05) is 6.92 Å². The predicted molar refractivity (Wildman–Crippen MR) is 94.0 cm³/mol. The fraction of sp³-hybridized carbons (Fsp3) is 0.375. The molecule has 0 atom stereocenters. The lowest BCUT2D eigenvalue weighted by atomic mass is 10.1.